The molecular weight excluding hydrogens is 336 g/mol. The van der Waals surface area contributed by atoms with E-state index in [0.717, 1.165) is 25.1 Å². The summed E-state index contributed by atoms with van der Waals surface area (Å²) in [5.41, 5.74) is 2.97. The fraction of sp³-hybridized carbons (Fsp3) is 0.476. The number of nitrogens with one attached hydrogen (secondary N) is 2. The maximum absolute atomic E-state index is 8.94. The summed E-state index contributed by atoms with van der Waals surface area (Å²) in [6, 6.07) is 9.90. The molecule has 0 saturated heterocycles. The van der Waals surface area contributed by atoms with Crippen LogP contribution in [-0.2, 0) is 0 Å². The van der Waals surface area contributed by atoms with E-state index in [2.05, 4.69) is 53.5 Å². The zero-order valence-electron chi connectivity index (χ0n) is 16.9. The molecule has 1 rings (SSSR count). The van der Waals surface area contributed by atoms with Crippen LogP contribution in [0.4, 0.5) is 5.69 Å². The lowest BCUT2D eigenvalue weighted by atomic mass is 10.0. The smallest absolute Gasteiger partial charge is 0.120 e. The first-order valence-corrected chi connectivity index (χ1v) is 9.39. The molecule has 0 bridgehead atoms. The number of allylic oxidation sites excluding steroid dienone is 1. The predicted molar refractivity (Wildman–Crippen MR) is 112 cm³/mol. The monoisotopic (exact) mass is 368 g/mol. The van der Waals surface area contributed by atoms with Crippen molar-refractivity contribution < 1.29 is 0 Å². The summed E-state index contributed by atoms with van der Waals surface area (Å²) < 4.78 is 0. The van der Waals surface area contributed by atoms with Crippen molar-refractivity contribution in [3.8, 4) is 6.07 Å². The Morgan fingerprint density at radius 1 is 1.37 bits per heavy atom. The highest BCUT2D eigenvalue weighted by molar-refractivity contribution is 5.49. The van der Waals surface area contributed by atoms with Gasteiger partial charge in [0.1, 0.15) is 6.17 Å². The lowest BCUT2D eigenvalue weighted by Crippen LogP contribution is -2.27. The molecule has 27 heavy (non-hydrogen) atoms. The second-order valence-corrected chi connectivity index (χ2v) is 6.49. The van der Waals surface area contributed by atoms with Crippen LogP contribution in [0.5, 0.6) is 0 Å². The first kappa shape index (κ1) is 22.4. The van der Waals surface area contributed by atoms with E-state index >= 15 is 0 Å². The number of anilines is 1. The van der Waals surface area contributed by atoms with Gasteiger partial charge in [0.25, 0.3) is 0 Å². The van der Waals surface area contributed by atoms with Crippen molar-refractivity contribution in [2.75, 3.05) is 25.5 Å². The largest absolute Gasteiger partial charge is 0.379 e. The van der Waals surface area contributed by atoms with Gasteiger partial charge < -0.3 is 5.32 Å². The Morgan fingerprint density at radius 3 is 2.67 bits per heavy atom. The Balaban J connectivity index is 2.66. The van der Waals surface area contributed by atoms with Crippen molar-refractivity contribution in [2.45, 2.75) is 45.8 Å². The summed E-state index contributed by atoms with van der Waals surface area (Å²) in [7, 11) is 1.93. The van der Waals surface area contributed by atoms with Crippen molar-refractivity contribution in [1.82, 2.24) is 10.3 Å². The average molecular weight is 369 g/mol. The van der Waals surface area contributed by atoms with Gasteiger partial charge in [-0.2, -0.15) is 10.4 Å². The highest BCUT2D eigenvalue weighted by Gasteiger charge is 2.12. The van der Waals surface area contributed by atoms with E-state index < -0.39 is 0 Å². The second kappa shape index (κ2) is 12.7. The lowest BCUT2D eigenvalue weighted by molar-refractivity contribution is 0.307. The molecule has 1 aromatic carbocycles. The van der Waals surface area contributed by atoms with E-state index in [1.807, 2.05) is 43.2 Å². The summed E-state index contributed by atoms with van der Waals surface area (Å²) in [6.45, 7) is 11.4. The van der Waals surface area contributed by atoms with Crippen molar-refractivity contribution in [2.24, 2.45) is 10.3 Å². The minimum Gasteiger partial charge on any atom is -0.379 e. The van der Waals surface area contributed by atoms with Crippen LogP contribution in [-0.4, -0.2) is 37.4 Å². The molecule has 0 heterocycles. The van der Waals surface area contributed by atoms with Crippen molar-refractivity contribution in [3.05, 3.63) is 54.1 Å². The van der Waals surface area contributed by atoms with Gasteiger partial charge in [0.15, 0.2) is 0 Å². The van der Waals surface area contributed by atoms with Crippen LogP contribution in [0.2, 0.25) is 0 Å². The summed E-state index contributed by atoms with van der Waals surface area (Å²) in [4.78, 5) is 0. The van der Waals surface area contributed by atoms with E-state index in [4.69, 9.17) is 5.26 Å². The van der Waals surface area contributed by atoms with E-state index in [0.29, 0.717) is 12.1 Å². The molecule has 0 amide bonds. The lowest BCUT2D eigenvalue weighted by Gasteiger charge is -2.23. The average Bonchev–Trinajstić information content (AvgIpc) is 2.68. The molecule has 0 aromatic heterocycles. The Labute approximate surface area is 163 Å². The van der Waals surface area contributed by atoms with Crippen molar-refractivity contribution >= 4 is 5.69 Å². The zero-order chi connectivity index (χ0) is 20.1. The molecule has 0 fully saturated rings. The number of hydrogen-bond donors (Lipinski definition) is 2. The molecule has 0 saturated carbocycles. The van der Waals surface area contributed by atoms with Crippen LogP contribution >= 0.6 is 0 Å². The van der Waals surface area contributed by atoms with Gasteiger partial charge in [-0.05, 0) is 51.0 Å². The Hall–Kier alpha value is -2.65. The standard InChI is InChI=1S/C21H32N6/c1-6-8-17(3)21(24-20-11-9-19(16-22)10-12-20)13-15-27(5)26-25-18(4)23-14-7-2/h7-12,18,21,23-24H,2,6,13-15H2,1,3-5H3/b17-8+,26-25?. The molecule has 2 unspecified atom stereocenters. The second-order valence-electron chi connectivity index (χ2n) is 6.49. The maximum Gasteiger partial charge on any atom is 0.120 e. The van der Waals surface area contributed by atoms with E-state index in [1.165, 1.54) is 5.57 Å². The van der Waals surface area contributed by atoms with Gasteiger partial charge in [0, 0.05) is 31.9 Å². The predicted octanol–water partition coefficient (Wildman–Crippen LogP) is 4.51. The summed E-state index contributed by atoms with van der Waals surface area (Å²) in [5.74, 6) is 0. The minimum absolute atomic E-state index is 0.0419. The van der Waals surface area contributed by atoms with Gasteiger partial charge in [-0.15, -0.1) is 6.58 Å². The van der Waals surface area contributed by atoms with E-state index in [1.54, 1.807) is 6.08 Å². The number of rotatable bonds is 12. The Morgan fingerprint density at radius 2 is 2.07 bits per heavy atom. The fourth-order valence-corrected chi connectivity index (χ4v) is 2.54. The molecule has 0 radical (unpaired) electrons. The summed E-state index contributed by atoms with van der Waals surface area (Å²) >= 11 is 0. The third kappa shape index (κ3) is 9.02. The third-order valence-corrected chi connectivity index (χ3v) is 4.11. The summed E-state index contributed by atoms with van der Waals surface area (Å²) in [6.07, 6.45) is 5.90. The van der Waals surface area contributed by atoms with E-state index in [9.17, 15) is 0 Å². The molecule has 6 nitrogen and oxygen atoms in total. The molecule has 0 aliphatic heterocycles. The normalized spacial score (nSPS) is 13.8. The first-order chi connectivity index (χ1) is 13.0. The quantitative estimate of drug-likeness (QED) is 0.323. The molecule has 6 heteroatoms. The van der Waals surface area contributed by atoms with Gasteiger partial charge in [-0.3, -0.25) is 10.3 Å². The van der Waals surface area contributed by atoms with Crippen LogP contribution in [0.25, 0.3) is 0 Å². The van der Waals surface area contributed by atoms with Crippen LogP contribution in [0.1, 0.15) is 39.2 Å². The van der Waals surface area contributed by atoms with Crippen molar-refractivity contribution in [3.63, 3.8) is 0 Å². The molecule has 1 aromatic rings. The molecule has 146 valence electrons. The highest BCUT2D eigenvalue weighted by atomic mass is 15.5. The van der Waals surface area contributed by atoms with Gasteiger partial charge >= 0.3 is 0 Å². The molecule has 0 aliphatic carbocycles. The maximum atomic E-state index is 8.94. The molecule has 0 spiro atoms. The number of benzene rings is 1. The summed E-state index contributed by atoms with van der Waals surface area (Å²) in [5, 5.41) is 26.1. The Kier molecular flexibility index (Phi) is 10.5. The van der Waals surface area contributed by atoms with Crippen LogP contribution in [0.15, 0.2) is 58.9 Å². The first-order valence-electron chi connectivity index (χ1n) is 9.39. The topological polar surface area (TPSA) is 75.8 Å². The number of hydrogen-bond acceptors (Lipinski definition) is 5. The van der Waals surface area contributed by atoms with Crippen LogP contribution < -0.4 is 10.6 Å². The van der Waals surface area contributed by atoms with Gasteiger partial charge in [0.05, 0.1) is 11.6 Å². The van der Waals surface area contributed by atoms with Gasteiger partial charge in [-0.1, -0.05) is 29.9 Å². The molecule has 2 N–H and O–H groups in total. The Bertz CT molecular complexity index is 656. The van der Waals surface area contributed by atoms with Crippen molar-refractivity contribution in [1.29, 1.82) is 5.26 Å². The number of nitrogens with zero attached hydrogens (tertiary/aromatic N) is 4. The number of nitriles is 1. The highest BCUT2D eigenvalue weighted by Crippen LogP contribution is 2.17. The third-order valence-electron chi connectivity index (χ3n) is 4.11. The van der Waals surface area contributed by atoms with Crippen LogP contribution in [0, 0.1) is 11.3 Å². The fourth-order valence-electron chi connectivity index (χ4n) is 2.54. The molecular formula is C21H32N6. The van der Waals surface area contributed by atoms with E-state index in [-0.39, 0.29) is 12.2 Å². The minimum atomic E-state index is -0.0419. The van der Waals surface area contributed by atoms with Gasteiger partial charge in [0.2, 0.25) is 0 Å². The SMILES string of the molecule is C=CCNC(C)N=NN(C)CCC(Nc1ccc(C#N)cc1)/C(C)=C/CC. The van der Waals surface area contributed by atoms with Gasteiger partial charge in [-0.25, -0.2) is 0 Å². The zero-order valence-corrected chi connectivity index (χ0v) is 16.9. The molecule has 0 aliphatic rings. The molecule has 2 atom stereocenters. The van der Waals surface area contributed by atoms with Crippen LogP contribution in [0.3, 0.4) is 0 Å².